The summed E-state index contributed by atoms with van der Waals surface area (Å²) >= 11 is 5.86. The standard InChI is InChI=1S/C20H18ClN3O2/c21-11-17(25)24-16(20(22)26)10-14-13-8-4-5-9-15(13)23-18(14)19(24)12-6-2-1-3-7-12/h1-9,16,19,23H,10-11H2,(H2,22,26)/t16-,19?/m0/s1. The first kappa shape index (κ1) is 16.7. The molecule has 0 spiro atoms. The number of alkyl halides is 1. The molecule has 1 aliphatic heterocycles. The first-order chi connectivity index (χ1) is 12.6. The van der Waals surface area contributed by atoms with Gasteiger partial charge in [0.25, 0.3) is 0 Å². The topological polar surface area (TPSA) is 79.2 Å². The average molecular weight is 368 g/mol. The minimum absolute atomic E-state index is 0.206. The van der Waals surface area contributed by atoms with Crippen LogP contribution in [0.15, 0.2) is 54.6 Å². The molecule has 2 heterocycles. The lowest BCUT2D eigenvalue weighted by molar-refractivity contribution is -0.140. The van der Waals surface area contributed by atoms with Gasteiger partial charge in [0.2, 0.25) is 11.8 Å². The van der Waals surface area contributed by atoms with Crippen LogP contribution in [0.2, 0.25) is 0 Å². The van der Waals surface area contributed by atoms with E-state index in [-0.39, 0.29) is 11.8 Å². The van der Waals surface area contributed by atoms with Crippen LogP contribution < -0.4 is 5.73 Å². The number of primary amides is 1. The number of hydrogen-bond donors (Lipinski definition) is 2. The highest BCUT2D eigenvalue weighted by Gasteiger charge is 2.42. The molecule has 3 aromatic rings. The number of amides is 2. The zero-order chi connectivity index (χ0) is 18.3. The minimum atomic E-state index is -0.738. The Morgan fingerprint density at radius 3 is 2.50 bits per heavy atom. The van der Waals surface area contributed by atoms with Crippen LogP contribution in [0.1, 0.15) is 22.9 Å². The van der Waals surface area contributed by atoms with Gasteiger partial charge < -0.3 is 15.6 Å². The van der Waals surface area contributed by atoms with Gasteiger partial charge in [-0.25, -0.2) is 0 Å². The van der Waals surface area contributed by atoms with Crippen molar-refractivity contribution in [1.29, 1.82) is 0 Å². The van der Waals surface area contributed by atoms with E-state index in [1.165, 1.54) is 4.90 Å². The van der Waals surface area contributed by atoms with Gasteiger partial charge in [-0.05, 0) is 17.2 Å². The summed E-state index contributed by atoms with van der Waals surface area (Å²) in [6, 6.07) is 16.4. The summed E-state index contributed by atoms with van der Waals surface area (Å²) in [4.78, 5) is 29.8. The Hall–Kier alpha value is -2.79. The maximum Gasteiger partial charge on any atom is 0.240 e. The second-order valence-electron chi connectivity index (χ2n) is 6.43. The molecule has 3 N–H and O–H groups in total. The number of carbonyl (C=O) groups excluding carboxylic acids is 2. The van der Waals surface area contributed by atoms with E-state index in [1.807, 2.05) is 54.6 Å². The number of hydrogen-bond acceptors (Lipinski definition) is 2. The van der Waals surface area contributed by atoms with E-state index >= 15 is 0 Å². The molecule has 0 aliphatic carbocycles. The summed E-state index contributed by atoms with van der Waals surface area (Å²) in [7, 11) is 0. The van der Waals surface area contributed by atoms with Crippen molar-refractivity contribution in [1.82, 2.24) is 9.88 Å². The Morgan fingerprint density at radius 2 is 1.81 bits per heavy atom. The van der Waals surface area contributed by atoms with E-state index in [1.54, 1.807) is 0 Å². The number of halogens is 1. The minimum Gasteiger partial charge on any atom is -0.368 e. The molecule has 1 aliphatic rings. The third-order valence-electron chi connectivity index (χ3n) is 4.98. The maximum atomic E-state index is 12.7. The third kappa shape index (κ3) is 2.56. The molecule has 0 saturated carbocycles. The van der Waals surface area contributed by atoms with Gasteiger partial charge in [0.15, 0.2) is 0 Å². The molecule has 26 heavy (non-hydrogen) atoms. The number of nitrogens with one attached hydrogen (secondary N) is 1. The van der Waals surface area contributed by atoms with Gasteiger partial charge in [0.1, 0.15) is 11.9 Å². The van der Waals surface area contributed by atoms with E-state index in [9.17, 15) is 9.59 Å². The molecule has 1 aromatic heterocycles. The summed E-state index contributed by atoms with van der Waals surface area (Å²) in [5, 5.41) is 1.05. The molecule has 5 nitrogen and oxygen atoms in total. The third-order valence-corrected chi connectivity index (χ3v) is 5.21. The van der Waals surface area contributed by atoms with Crippen LogP contribution in [0.5, 0.6) is 0 Å². The molecule has 1 unspecified atom stereocenters. The SMILES string of the molecule is NC(=O)[C@@H]1Cc2c([nH]c3ccccc23)C(c2ccccc2)N1C(=O)CCl. The summed E-state index contributed by atoms with van der Waals surface area (Å²) < 4.78 is 0. The van der Waals surface area contributed by atoms with Crippen molar-refractivity contribution in [3.63, 3.8) is 0 Å². The van der Waals surface area contributed by atoms with Gasteiger partial charge in [-0.1, -0.05) is 48.5 Å². The van der Waals surface area contributed by atoms with Crippen LogP contribution in [0.3, 0.4) is 0 Å². The van der Waals surface area contributed by atoms with Gasteiger partial charge in [0, 0.05) is 23.0 Å². The normalized spacial score (nSPS) is 19.3. The molecule has 0 radical (unpaired) electrons. The van der Waals surface area contributed by atoms with Gasteiger partial charge in [0.05, 0.1) is 6.04 Å². The first-order valence-electron chi connectivity index (χ1n) is 8.42. The molecule has 0 fully saturated rings. The zero-order valence-corrected chi connectivity index (χ0v) is 14.7. The average Bonchev–Trinajstić information content (AvgIpc) is 3.04. The Labute approximate surface area is 155 Å². The number of fused-ring (bicyclic) bond motifs is 3. The molecule has 6 heteroatoms. The maximum absolute atomic E-state index is 12.7. The van der Waals surface area contributed by atoms with E-state index in [4.69, 9.17) is 17.3 Å². The molecule has 2 aromatic carbocycles. The van der Waals surface area contributed by atoms with Crippen molar-refractivity contribution in [3.05, 3.63) is 71.4 Å². The van der Waals surface area contributed by atoms with E-state index in [2.05, 4.69) is 4.98 Å². The summed E-state index contributed by atoms with van der Waals surface area (Å²) in [6.07, 6.45) is 0.376. The zero-order valence-electron chi connectivity index (χ0n) is 14.0. The van der Waals surface area contributed by atoms with Crippen LogP contribution in [0.25, 0.3) is 10.9 Å². The molecule has 0 saturated heterocycles. The molecular formula is C20H18ClN3O2. The predicted molar refractivity (Wildman–Crippen MR) is 101 cm³/mol. The lowest BCUT2D eigenvalue weighted by atomic mass is 9.87. The fourth-order valence-electron chi connectivity index (χ4n) is 3.87. The highest BCUT2D eigenvalue weighted by atomic mass is 35.5. The Kier molecular flexibility index (Phi) is 4.17. The van der Waals surface area contributed by atoms with Crippen molar-refractivity contribution in [3.8, 4) is 0 Å². The van der Waals surface area contributed by atoms with Gasteiger partial charge >= 0.3 is 0 Å². The number of benzene rings is 2. The lowest BCUT2D eigenvalue weighted by Crippen LogP contribution is -2.54. The largest absolute Gasteiger partial charge is 0.368 e. The quantitative estimate of drug-likeness (QED) is 0.698. The number of rotatable bonds is 3. The predicted octanol–water partition coefficient (Wildman–Crippen LogP) is 2.73. The van der Waals surface area contributed by atoms with Crippen molar-refractivity contribution in [2.75, 3.05) is 5.88 Å². The monoisotopic (exact) mass is 367 g/mol. The van der Waals surface area contributed by atoms with E-state index in [0.717, 1.165) is 27.7 Å². The molecule has 4 rings (SSSR count). The van der Waals surface area contributed by atoms with Crippen LogP contribution in [-0.4, -0.2) is 33.6 Å². The smallest absolute Gasteiger partial charge is 0.240 e. The van der Waals surface area contributed by atoms with Crippen molar-refractivity contribution in [2.45, 2.75) is 18.5 Å². The Balaban J connectivity index is 1.99. The second kappa shape index (κ2) is 6.50. The van der Waals surface area contributed by atoms with Crippen LogP contribution >= 0.6 is 11.6 Å². The number of H-pyrrole nitrogens is 1. The fourth-order valence-corrected chi connectivity index (χ4v) is 4.01. The van der Waals surface area contributed by atoms with Crippen molar-refractivity contribution >= 4 is 34.3 Å². The number of aromatic nitrogens is 1. The Morgan fingerprint density at radius 1 is 1.12 bits per heavy atom. The first-order valence-corrected chi connectivity index (χ1v) is 8.96. The number of nitrogens with two attached hydrogens (primary N) is 1. The van der Waals surface area contributed by atoms with Crippen LogP contribution in [-0.2, 0) is 16.0 Å². The lowest BCUT2D eigenvalue weighted by Gasteiger charge is -2.40. The molecule has 0 bridgehead atoms. The number of aromatic amines is 1. The number of carbonyl (C=O) groups is 2. The van der Waals surface area contributed by atoms with Crippen LogP contribution in [0, 0.1) is 0 Å². The van der Waals surface area contributed by atoms with Crippen molar-refractivity contribution < 1.29 is 9.59 Å². The van der Waals surface area contributed by atoms with Crippen molar-refractivity contribution in [2.24, 2.45) is 5.73 Å². The van der Waals surface area contributed by atoms with Gasteiger partial charge in [-0.2, -0.15) is 0 Å². The second-order valence-corrected chi connectivity index (χ2v) is 6.70. The highest BCUT2D eigenvalue weighted by molar-refractivity contribution is 6.27. The van der Waals surface area contributed by atoms with E-state index in [0.29, 0.717) is 6.42 Å². The molecule has 2 atom stereocenters. The molecular weight excluding hydrogens is 350 g/mol. The molecule has 2 amide bonds. The highest BCUT2D eigenvalue weighted by Crippen LogP contribution is 2.40. The van der Waals surface area contributed by atoms with E-state index < -0.39 is 18.0 Å². The molecule has 132 valence electrons. The fraction of sp³-hybridized carbons (Fsp3) is 0.200. The number of nitrogens with zero attached hydrogens (tertiary/aromatic N) is 1. The summed E-state index contributed by atoms with van der Waals surface area (Å²) in [6.45, 7) is 0. The van der Waals surface area contributed by atoms with Gasteiger partial charge in [-0.3, -0.25) is 9.59 Å². The summed E-state index contributed by atoms with van der Waals surface area (Å²) in [5.41, 5.74) is 9.49. The summed E-state index contributed by atoms with van der Waals surface area (Å²) in [5.74, 6) is -1.04. The Bertz CT molecular complexity index is 983. The van der Waals surface area contributed by atoms with Gasteiger partial charge in [-0.15, -0.1) is 11.6 Å². The number of para-hydroxylation sites is 1. The van der Waals surface area contributed by atoms with Crippen LogP contribution in [0.4, 0.5) is 0 Å².